The molecule has 1 aromatic carbocycles. The first-order valence-corrected chi connectivity index (χ1v) is 12.6. The molecule has 4 rings (SSSR count). The molecular formula is C25H33N3O4S. The van der Waals surface area contributed by atoms with Crippen LogP contribution < -0.4 is 15.5 Å². The van der Waals surface area contributed by atoms with E-state index in [1.54, 1.807) is 6.92 Å². The first-order chi connectivity index (χ1) is 16.0. The van der Waals surface area contributed by atoms with Gasteiger partial charge in [-0.2, -0.15) is 0 Å². The molecule has 7 nitrogen and oxygen atoms in total. The molecule has 178 valence electrons. The molecule has 2 aromatic rings. The standard InChI is InChI=1S/C25H33N3O4S/c1-4-32-25(30)22-18-10-9-16(2)15-21(18)33-24(22)27-23(29)17(3)26-19-7-5-6-8-20(19)28-11-13-31-14-12-28/h5-8,16-17,26H,4,9-15H2,1-3H3,(H,27,29)/t16-,17-/m0/s1. The second kappa shape index (κ2) is 10.6. The number of nitrogens with zero attached hydrogens (tertiary/aromatic N) is 1. The summed E-state index contributed by atoms with van der Waals surface area (Å²) in [7, 11) is 0. The van der Waals surface area contributed by atoms with E-state index >= 15 is 0 Å². The van der Waals surface area contributed by atoms with Crippen molar-refractivity contribution in [2.75, 3.05) is 48.4 Å². The molecule has 1 fully saturated rings. The van der Waals surface area contributed by atoms with Gasteiger partial charge in [0, 0.05) is 18.0 Å². The van der Waals surface area contributed by atoms with Crippen molar-refractivity contribution in [3.63, 3.8) is 0 Å². The van der Waals surface area contributed by atoms with Crippen LogP contribution in [0.15, 0.2) is 24.3 Å². The van der Waals surface area contributed by atoms with Crippen LogP contribution in [0.3, 0.4) is 0 Å². The van der Waals surface area contributed by atoms with Gasteiger partial charge in [0.1, 0.15) is 11.0 Å². The first kappa shape index (κ1) is 23.6. The Morgan fingerprint density at radius 1 is 1.27 bits per heavy atom. The van der Waals surface area contributed by atoms with Crippen LogP contribution in [0.2, 0.25) is 0 Å². The summed E-state index contributed by atoms with van der Waals surface area (Å²) in [6, 6.07) is 7.53. The van der Waals surface area contributed by atoms with Crippen molar-refractivity contribution < 1.29 is 19.1 Å². The number of nitrogens with one attached hydrogen (secondary N) is 2. The fourth-order valence-corrected chi connectivity index (χ4v) is 5.85. The Kier molecular flexibility index (Phi) is 7.55. The lowest BCUT2D eigenvalue weighted by molar-refractivity contribution is -0.116. The second-order valence-electron chi connectivity index (χ2n) is 8.75. The lowest BCUT2D eigenvalue weighted by Gasteiger charge is -2.31. The molecule has 0 saturated carbocycles. The van der Waals surface area contributed by atoms with Crippen molar-refractivity contribution in [1.29, 1.82) is 0 Å². The number of benzene rings is 1. The Labute approximate surface area is 199 Å². The van der Waals surface area contributed by atoms with Crippen LogP contribution in [0.1, 0.15) is 48.0 Å². The number of fused-ring (bicyclic) bond motifs is 1. The third-order valence-corrected chi connectivity index (χ3v) is 7.42. The molecule has 1 saturated heterocycles. The molecule has 2 aliphatic rings. The van der Waals surface area contributed by atoms with Gasteiger partial charge in [0.25, 0.3) is 0 Å². The fraction of sp³-hybridized carbons (Fsp3) is 0.520. The number of amides is 1. The number of para-hydroxylation sites is 2. The minimum Gasteiger partial charge on any atom is -0.462 e. The second-order valence-corrected chi connectivity index (χ2v) is 9.85. The van der Waals surface area contributed by atoms with Crippen molar-refractivity contribution in [2.45, 2.75) is 46.1 Å². The van der Waals surface area contributed by atoms with Gasteiger partial charge in [-0.05, 0) is 56.7 Å². The molecule has 0 unspecified atom stereocenters. The zero-order valence-corrected chi connectivity index (χ0v) is 20.4. The van der Waals surface area contributed by atoms with Crippen LogP contribution in [0.25, 0.3) is 0 Å². The monoisotopic (exact) mass is 471 g/mol. The first-order valence-electron chi connectivity index (χ1n) is 11.8. The molecule has 2 N–H and O–H groups in total. The van der Waals surface area contributed by atoms with E-state index in [0.717, 1.165) is 49.3 Å². The number of anilines is 3. The molecule has 1 aromatic heterocycles. The number of rotatable bonds is 7. The fourth-order valence-electron chi connectivity index (χ4n) is 4.45. The van der Waals surface area contributed by atoms with Crippen LogP contribution in [0.5, 0.6) is 0 Å². The zero-order chi connectivity index (χ0) is 23.4. The lowest BCUT2D eigenvalue weighted by atomic mass is 9.88. The third-order valence-electron chi connectivity index (χ3n) is 6.25. The quantitative estimate of drug-likeness (QED) is 0.586. The van der Waals surface area contributed by atoms with Crippen LogP contribution in [0, 0.1) is 5.92 Å². The average molecular weight is 472 g/mol. The van der Waals surface area contributed by atoms with Crippen molar-refractivity contribution in [3.05, 3.63) is 40.3 Å². The van der Waals surface area contributed by atoms with Crippen molar-refractivity contribution in [1.82, 2.24) is 0 Å². The van der Waals surface area contributed by atoms with Crippen molar-refractivity contribution in [3.8, 4) is 0 Å². The Hall–Kier alpha value is -2.58. The minimum absolute atomic E-state index is 0.177. The Morgan fingerprint density at radius 2 is 2.03 bits per heavy atom. The summed E-state index contributed by atoms with van der Waals surface area (Å²) in [5.41, 5.74) is 3.56. The molecule has 0 radical (unpaired) electrons. The Bertz CT molecular complexity index is 1000. The number of esters is 1. The third kappa shape index (κ3) is 5.33. The molecule has 33 heavy (non-hydrogen) atoms. The normalized spacial score (nSPS) is 18.9. The van der Waals surface area contributed by atoms with Gasteiger partial charge in [-0.25, -0.2) is 4.79 Å². The van der Waals surface area contributed by atoms with E-state index in [2.05, 4.69) is 28.5 Å². The topological polar surface area (TPSA) is 79.9 Å². The van der Waals surface area contributed by atoms with E-state index in [4.69, 9.17) is 9.47 Å². The van der Waals surface area contributed by atoms with E-state index < -0.39 is 6.04 Å². The van der Waals surface area contributed by atoms with E-state index in [-0.39, 0.29) is 11.9 Å². The van der Waals surface area contributed by atoms with E-state index in [9.17, 15) is 9.59 Å². The van der Waals surface area contributed by atoms with Gasteiger partial charge in [0.2, 0.25) is 5.91 Å². The SMILES string of the molecule is CCOC(=O)c1c(NC(=O)[C@H](C)Nc2ccccc2N2CCOCC2)sc2c1CC[C@H](C)C2. The van der Waals surface area contributed by atoms with Gasteiger partial charge < -0.3 is 25.0 Å². The maximum atomic E-state index is 13.2. The average Bonchev–Trinajstić information content (AvgIpc) is 3.17. The summed E-state index contributed by atoms with van der Waals surface area (Å²) in [4.78, 5) is 29.4. The van der Waals surface area contributed by atoms with Gasteiger partial charge in [-0.15, -0.1) is 11.3 Å². The van der Waals surface area contributed by atoms with Gasteiger partial charge in [-0.1, -0.05) is 19.1 Å². The summed E-state index contributed by atoms with van der Waals surface area (Å²) >= 11 is 1.52. The summed E-state index contributed by atoms with van der Waals surface area (Å²) in [6.45, 7) is 9.21. The summed E-state index contributed by atoms with van der Waals surface area (Å²) in [6.07, 6.45) is 2.82. The number of hydrogen-bond donors (Lipinski definition) is 2. The van der Waals surface area contributed by atoms with Crippen LogP contribution in [-0.2, 0) is 27.1 Å². The van der Waals surface area contributed by atoms with Gasteiger partial charge in [0.15, 0.2) is 0 Å². The number of carbonyl (C=O) groups is 2. The highest BCUT2D eigenvalue weighted by atomic mass is 32.1. The van der Waals surface area contributed by atoms with Gasteiger partial charge in [0.05, 0.1) is 36.8 Å². The maximum absolute atomic E-state index is 13.2. The van der Waals surface area contributed by atoms with Crippen LogP contribution in [-0.4, -0.2) is 50.8 Å². The molecular weight excluding hydrogens is 438 g/mol. The number of thiophene rings is 1. The molecule has 8 heteroatoms. The van der Waals surface area contributed by atoms with Crippen LogP contribution >= 0.6 is 11.3 Å². The predicted octanol–water partition coefficient (Wildman–Crippen LogP) is 4.33. The molecule has 0 bridgehead atoms. The highest BCUT2D eigenvalue weighted by Gasteiger charge is 2.30. The number of morpholine rings is 1. The van der Waals surface area contributed by atoms with E-state index in [1.807, 2.05) is 25.1 Å². The number of hydrogen-bond acceptors (Lipinski definition) is 7. The molecule has 1 aliphatic carbocycles. The molecule has 1 aliphatic heterocycles. The largest absolute Gasteiger partial charge is 0.462 e. The van der Waals surface area contributed by atoms with Gasteiger partial charge in [-0.3, -0.25) is 4.79 Å². The van der Waals surface area contributed by atoms with E-state index in [1.165, 1.54) is 16.2 Å². The number of carbonyl (C=O) groups excluding carboxylic acids is 2. The molecule has 0 spiro atoms. The minimum atomic E-state index is -0.486. The molecule has 2 heterocycles. The highest BCUT2D eigenvalue weighted by Crippen LogP contribution is 2.40. The lowest BCUT2D eigenvalue weighted by Crippen LogP contribution is -2.37. The predicted molar refractivity (Wildman–Crippen MR) is 133 cm³/mol. The summed E-state index contributed by atoms with van der Waals surface area (Å²) < 4.78 is 10.8. The molecule has 1 amide bonds. The zero-order valence-electron chi connectivity index (χ0n) is 19.6. The summed E-state index contributed by atoms with van der Waals surface area (Å²) in [5, 5.41) is 6.99. The summed E-state index contributed by atoms with van der Waals surface area (Å²) in [5.74, 6) is 0.0501. The number of ether oxygens (including phenoxy) is 2. The van der Waals surface area contributed by atoms with Crippen LogP contribution in [0.4, 0.5) is 16.4 Å². The molecule has 2 atom stereocenters. The Morgan fingerprint density at radius 3 is 2.79 bits per heavy atom. The van der Waals surface area contributed by atoms with E-state index in [0.29, 0.717) is 36.3 Å². The van der Waals surface area contributed by atoms with Crippen molar-refractivity contribution >= 4 is 39.6 Å². The van der Waals surface area contributed by atoms with Crippen molar-refractivity contribution in [2.24, 2.45) is 5.92 Å². The smallest absolute Gasteiger partial charge is 0.341 e. The maximum Gasteiger partial charge on any atom is 0.341 e. The van der Waals surface area contributed by atoms with Gasteiger partial charge >= 0.3 is 5.97 Å². The Balaban J connectivity index is 1.51. The highest BCUT2D eigenvalue weighted by molar-refractivity contribution is 7.17.